The minimum absolute atomic E-state index is 0.166. The zero-order chi connectivity index (χ0) is 49.6. The molecule has 0 atom stereocenters. The molecule has 4 N–H and O–H groups in total. The summed E-state index contributed by atoms with van der Waals surface area (Å²) >= 11 is 0. The molecule has 11 rings (SSSR count). The Morgan fingerprint density at radius 3 is 0.944 bits per heavy atom. The van der Waals surface area contributed by atoms with Crippen LogP contribution >= 0.6 is 0 Å². The van der Waals surface area contributed by atoms with Crippen molar-refractivity contribution in [3.63, 3.8) is 0 Å². The van der Waals surface area contributed by atoms with Gasteiger partial charge in [0.2, 0.25) is 0 Å². The quantitative estimate of drug-likeness (QED) is 0.106. The Hall–Kier alpha value is -9.54. The highest BCUT2D eigenvalue weighted by molar-refractivity contribution is 6.02. The van der Waals surface area contributed by atoms with Gasteiger partial charge in [0, 0.05) is 44.9 Å². The summed E-state index contributed by atoms with van der Waals surface area (Å²) in [6.07, 6.45) is 8.09. The van der Waals surface area contributed by atoms with Crippen LogP contribution in [0.25, 0.3) is 68.6 Å². The highest BCUT2D eigenvalue weighted by Gasteiger charge is 2.25. The van der Waals surface area contributed by atoms with Crippen molar-refractivity contribution in [1.29, 1.82) is 0 Å². The summed E-state index contributed by atoms with van der Waals surface area (Å²) in [5, 5.41) is 19.8. The van der Waals surface area contributed by atoms with E-state index in [1.807, 2.05) is 60.7 Å². The smallest absolute Gasteiger partial charge is 0.335 e. The topological polar surface area (TPSA) is 138 Å². The van der Waals surface area contributed by atoms with E-state index < -0.39 is 11.9 Å². The van der Waals surface area contributed by atoms with Crippen molar-refractivity contribution in [2.24, 2.45) is 0 Å². The summed E-state index contributed by atoms with van der Waals surface area (Å²) in [5.74, 6) is -2.04. The van der Waals surface area contributed by atoms with Gasteiger partial charge in [-0.15, -0.1) is 0 Å². The van der Waals surface area contributed by atoms with Gasteiger partial charge in [-0.3, -0.25) is 0 Å². The number of hydrogen-bond acceptors (Lipinski definition) is 6. The number of benzene rings is 6. The van der Waals surface area contributed by atoms with Gasteiger partial charge >= 0.3 is 11.9 Å². The minimum atomic E-state index is -1.02. The molecule has 2 aliphatic rings. The molecular weight excluding hydrogens is 893 g/mol. The number of hydrogen-bond donors (Lipinski definition) is 4. The molecule has 2 aliphatic heterocycles. The number of rotatable bonds is 10. The Bertz CT molecular complexity index is 3470. The average Bonchev–Trinajstić information content (AvgIpc) is 4.25. The Balaban J connectivity index is 1.32. The number of fused-ring (bicyclic) bond motifs is 8. The maximum absolute atomic E-state index is 12.1. The number of aromatic nitrogens is 4. The van der Waals surface area contributed by atoms with Crippen LogP contribution in [0.3, 0.4) is 0 Å². The van der Waals surface area contributed by atoms with Crippen LogP contribution in [-0.4, -0.2) is 42.1 Å². The lowest BCUT2D eigenvalue weighted by Crippen LogP contribution is -2.12. The number of nitrogens with zero attached hydrogens (tertiary/aromatic N) is 4. The zero-order valence-corrected chi connectivity index (χ0v) is 40.0. The summed E-state index contributed by atoms with van der Waals surface area (Å²) < 4.78 is 0. The first-order chi connectivity index (χ1) is 34.9. The summed E-state index contributed by atoms with van der Waals surface area (Å²) in [7, 11) is 0. The molecule has 8 bridgehead atoms. The minimum Gasteiger partial charge on any atom is -0.478 e. The van der Waals surface area contributed by atoms with Crippen molar-refractivity contribution >= 4 is 92.4 Å². The van der Waals surface area contributed by atoms with Crippen molar-refractivity contribution in [3.05, 3.63) is 226 Å². The van der Waals surface area contributed by atoms with Crippen LogP contribution < -0.4 is 9.80 Å². The predicted molar refractivity (Wildman–Crippen MR) is 292 cm³/mol. The van der Waals surface area contributed by atoms with Crippen molar-refractivity contribution in [2.45, 2.75) is 27.7 Å². The molecule has 0 aliphatic carbocycles. The molecule has 0 saturated heterocycles. The van der Waals surface area contributed by atoms with E-state index in [0.29, 0.717) is 22.8 Å². The van der Waals surface area contributed by atoms with Gasteiger partial charge < -0.3 is 30.0 Å². The lowest BCUT2D eigenvalue weighted by molar-refractivity contribution is 0.0686. The molecular formula is C62H48N6O4. The summed E-state index contributed by atoms with van der Waals surface area (Å²) in [6, 6.07) is 55.8. The van der Waals surface area contributed by atoms with Gasteiger partial charge in [0.15, 0.2) is 0 Å². The maximum atomic E-state index is 12.1. The summed E-state index contributed by atoms with van der Waals surface area (Å²) in [4.78, 5) is 47.4. The second kappa shape index (κ2) is 18.4. The average molecular weight is 941 g/mol. The largest absolute Gasteiger partial charge is 0.478 e. The van der Waals surface area contributed by atoms with E-state index in [2.05, 4.69) is 157 Å². The number of carbonyl (C=O) groups is 2. The molecule has 0 fully saturated rings. The van der Waals surface area contributed by atoms with Crippen molar-refractivity contribution in [2.75, 3.05) is 9.80 Å². The standard InChI is InChI=1S/C62H48N6O4/c1-37-5-21-45(22-6-37)67(46-23-7-38(2)8-24-46)59-53-33-31-51(64-53)57(41-13-17-43(18-14-41)61(69)70)49-29-30-50(63-49)58(42-15-19-44(20-16-42)62(71)72)52-32-34-54(65-52)60(56-36-35-55(59)66-56)68(47-25-9-39(3)10-26-47)48-27-11-40(4)12-28-48/h5-36,63,66H,1-4H3,(H,69,70)(H,71,72). The monoisotopic (exact) mass is 940 g/mol. The van der Waals surface area contributed by atoms with Crippen LogP contribution in [0.4, 0.5) is 34.1 Å². The van der Waals surface area contributed by atoms with E-state index >= 15 is 0 Å². The molecule has 72 heavy (non-hydrogen) atoms. The van der Waals surface area contributed by atoms with Crippen molar-refractivity contribution in [1.82, 2.24) is 19.9 Å². The van der Waals surface area contributed by atoms with E-state index in [4.69, 9.17) is 9.97 Å². The number of carboxylic acid groups (broad SMARTS) is 2. The molecule has 0 amide bonds. The molecule has 5 heterocycles. The van der Waals surface area contributed by atoms with Gasteiger partial charge in [0.25, 0.3) is 0 Å². The molecule has 0 spiro atoms. The molecule has 10 heteroatoms. The van der Waals surface area contributed by atoms with Gasteiger partial charge in [-0.1, -0.05) is 95.1 Å². The van der Waals surface area contributed by atoms with Gasteiger partial charge in [-0.25, -0.2) is 19.6 Å². The highest BCUT2D eigenvalue weighted by atomic mass is 16.4. The van der Waals surface area contributed by atoms with Gasteiger partial charge in [0.1, 0.15) is 0 Å². The Morgan fingerprint density at radius 2 is 0.639 bits per heavy atom. The number of aromatic carboxylic acids is 2. The van der Waals surface area contributed by atoms with E-state index in [1.54, 1.807) is 24.3 Å². The Morgan fingerprint density at radius 1 is 0.361 bits per heavy atom. The summed E-state index contributed by atoms with van der Waals surface area (Å²) in [5.41, 5.74) is 18.9. The molecule has 9 aromatic rings. The van der Waals surface area contributed by atoms with Crippen LogP contribution in [0, 0.1) is 27.7 Å². The third-order valence-corrected chi connectivity index (χ3v) is 13.2. The molecule has 0 radical (unpaired) electrons. The van der Waals surface area contributed by atoms with Crippen LogP contribution in [0.15, 0.2) is 170 Å². The predicted octanol–water partition coefficient (Wildman–Crippen LogP) is 15.6. The van der Waals surface area contributed by atoms with E-state index in [1.165, 1.54) is 0 Å². The third-order valence-electron chi connectivity index (χ3n) is 13.2. The number of aromatic amines is 2. The SMILES string of the molecule is Cc1ccc(N(c2ccc(C)cc2)c2c3nc(c(-c4ccc(C(=O)O)cc4)c4ccc([nH]4)c(-c4ccc(C(=O)O)cc4)c4nc(c(N(c5ccc(C)cc5)c5ccc(C)cc5)c5ccc2[nH]5)C=C4)C=C3)cc1. The van der Waals surface area contributed by atoms with E-state index in [9.17, 15) is 19.8 Å². The fraction of sp³-hybridized carbons (Fsp3) is 0.0645. The number of carboxylic acids is 2. The van der Waals surface area contributed by atoms with Gasteiger partial charge in [-0.05, 0) is 160 Å². The number of aryl methyl sites for hydroxylation is 4. The van der Waals surface area contributed by atoms with Crippen LogP contribution in [0.2, 0.25) is 0 Å². The van der Waals surface area contributed by atoms with Crippen LogP contribution in [-0.2, 0) is 0 Å². The van der Waals surface area contributed by atoms with E-state index in [0.717, 1.165) is 101 Å². The van der Waals surface area contributed by atoms with E-state index in [-0.39, 0.29) is 11.1 Å². The van der Waals surface area contributed by atoms with Gasteiger partial charge in [-0.2, -0.15) is 0 Å². The zero-order valence-electron chi connectivity index (χ0n) is 40.0. The number of nitrogens with one attached hydrogen (secondary N) is 2. The van der Waals surface area contributed by atoms with Crippen molar-refractivity contribution < 1.29 is 19.8 Å². The Kier molecular flexibility index (Phi) is 11.5. The van der Waals surface area contributed by atoms with Crippen molar-refractivity contribution in [3.8, 4) is 22.3 Å². The first kappa shape index (κ1) is 44.9. The fourth-order valence-electron chi connectivity index (χ4n) is 9.40. The number of anilines is 6. The second-order valence-corrected chi connectivity index (χ2v) is 18.2. The maximum Gasteiger partial charge on any atom is 0.335 e. The summed E-state index contributed by atoms with van der Waals surface area (Å²) in [6.45, 7) is 8.33. The molecule has 0 saturated carbocycles. The van der Waals surface area contributed by atoms with Gasteiger partial charge in [0.05, 0.1) is 56.3 Å². The first-order valence-corrected chi connectivity index (χ1v) is 23.7. The molecule has 350 valence electrons. The number of H-pyrrole nitrogens is 2. The second-order valence-electron chi connectivity index (χ2n) is 18.2. The fourth-order valence-corrected chi connectivity index (χ4v) is 9.40. The Labute approximate surface area is 416 Å². The molecule has 0 unspecified atom stereocenters. The third kappa shape index (κ3) is 8.51. The van der Waals surface area contributed by atoms with Crippen LogP contribution in [0.1, 0.15) is 65.7 Å². The first-order valence-electron chi connectivity index (χ1n) is 23.7. The normalized spacial score (nSPS) is 11.7. The lowest BCUT2D eigenvalue weighted by Gasteiger charge is -2.27. The molecule has 10 nitrogen and oxygen atoms in total. The molecule has 6 aromatic carbocycles. The molecule has 3 aromatic heterocycles. The highest BCUT2D eigenvalue weighted by Crippen LogP contribution is 2.45. The van der Waals surface area contributed by atoms with Crippen LogP contribution in [0.5, 0.6) is 0 Å². The lowest BCUT2D eigenvalue weighted by atomic mass is 10.0.